The number of carbonyl (C=O) groups is 7. The van der Waals surface area contributed by atoms with Crippen molar-refractivity contribution in [2.45, 2.75) is 101 Å². The Morgan fingerprint density at radius 3 is 2.09 bits per heavy atom. The largest absolute Gasteiger partial charge is 0.385 e. The Balaban J connectivity index is 1.59. The van der Waals surface area contributed by atoms with E-state index >= 15 is 0 Å². The van der Waals surface area contributed by atoms with E-state index in [1.807, 2.05) is 0 Å². The Bertz CT molecular complexity index is 1620. The van der Waals surface area contributed by atoms with E-state index in [4.69, 9.17) is 34.4 Å². The second kappa shape index (κ2) is 21.8. The first kappa shape index (κ1) is 45.2. The maximum Gasteiger partial charge on any atom is 0.246 e. The number of ketones is 2. The highest BCUT2D eigenvalue weighted by Crippen LogP contribution is 2.26. The fourth-order valence-corrected chi connectivity index (χ4v) is 7.23. The van der Waals surface area contributed by atoms with Gasteiger partial charge in [0.25, 0.3) is 0 Å². The highest BCUT2D eigenvalue weighted by Gasteiger charge is 2.43. The summed E-state index contributed by atoms with van der Waals surface area (Å²) in [6.45, 7) is 1.66. The van der Waals surface area contributed by atoms with Gasteiger partial charge in [-0.15, -0.1) is 11.3 Å². The zero-order valence-electron chi connectivity index (χ0n) is 31.4. The van der Waals surface area contributed by atoms with Crippen LogP contribution in [-0.2, 0) is 33.6 Å². The number of carbonyl (C=O) groups excluding carboxylic acids is 7. The number of likely N-dealkylation sites (tertiary alicyclic amines) is 2. The predicted octanol–water partition coefficient (Wildman–Crippen LogP) is -4.23. The summed E-state index contributed by atoms with van der Waals surface area (Å²) in [5, 5.41) is 19.6. The van der Waals surface area contributed by atoms with Gasteiger partial charge in [-0.2, -0.15) is 0 Å². The van der Waals surface area contributed by atoms with Crippen molar-refractivity contribution in [2.75, 3.05) is 32.7 Å². The van der Waals surface area contributed by atoms with Crippen LogP contribution in [0.5, 0.6) is 0 Å². The lowest BCUT2D eigenvalue weighted by Gasteiger charge is -2.33. The monoisotopic (exact) mass is 805 g/mol. The van der Waals surface area contributed by atoms with Crippen molar-refractivity contribution in [2.24, 2.45) is 44.4 Å². The SMILES string of the molecule is CC(NC(=O)CNC(=O)[C@@H]1CCCN1C(=O)[C@@H]1CCCN1C(=O)[C@H](CCCN=C(N)N)NC(=O)[C@H](N)CCCN=C(N)N)C(=O)C(=O)[C@@H](N)[C@@H](O)c1cccs1. The zero-order valence-corrected chi connectivity index (χ0v) is 32.2. The highest BCUT2D eigenvalue weighted by atomic mass is 32.1. The molecule has 56 heavy (non-hydrogen) atoms. The van der Waals surface area contributed by atoms with Crippen LogP contribution < -0.4 is 50.4 Å². The minimum atomic E-state index is -1.53. The van der Waals surface area contributed by atoms with Gasteiger partial charge in [0.1, 0.15) is 30.3 Å². The van der Waals surface area contributed by atoms with Gasteiger partial charge in [-0.3, -0.25) is 43.5 Å². The van der Waals surface area contributed by atoms with Crippen molar-refractivity contribution in [3.8, 4) is 0 Å². The number of aliphatic hydroxyl groups excluding tert-OH is 1. The van der Waals surface area contributed by atoms with Gasteiger partial charge in [0.2, 0.25) is 41.1 Å². The molecule has 21 nitrogen and oxygen atoms in total. The Morgan fingerprint density at radius 2 is 1.48 bits per heavy atom. The molecule has 1 aromatic heterocycles. The van der Waals surface area contributed by atoms with Crippen LogP contribution in [0.1, 0.15) is 69.3 Å². The fraction of sp³-hybridized carbons (Fsp3) is 0.618. The van der Waals surface area contributed by atoms with Gasteiger partial charge in [-0.05, 0) is 69.7 Å². The van der Waals surface area contributed by atoms with Crippen LogP contribution in [-0.4, -0.2) is 137 Å². The van der Waals surface area contributed by atoms with Crippen LogP contribution in [0.4, 0.5) is 0 Å². The quantitative estimate of drug-likeness (QED) is 0.0244. The summed E-state index contributed by atoms with van der Waals surface area (Å²) in [6.07, 6.45) is 1.38. The van der Waals surface area contributed by atoms with Crippen molar-refractivity contribution in [1.29, 1.82) is 0 Å². The van der Waals surface area contributed by atoms with Gasteiger partial charge in [0.05, 0.1) is 18.6 Å². The van der Waals surface area contributed by atoms with Gasteiger partial charge >= 0.3 is 0 Å². The minimum Gasteiger partial charge on any atom is -0.385 e. The summed E-state index contributed by atoms with van der Waals surface area (Å²) in [6, 6.07) is -3.44. The molecule has 3 heterocycles. The molecule has 0 bridgehead atoms. The van der Waals surface area contributed by atoms with Gasteiger partial charge < -0.3 is 65.3 Å². The van der Waals surface area contributed by atoms with E-state index in [-0.39, 0.29) is 50.9 Å². The molecule has 2 saturated heterocycles. The molecule has 7 atom stereocenters. The number of nitrogens with two attached hydrogens (primary N) is 6. The maximum absolute atomic E-state index is 14.0. The number of rotatable bonds is 21. The molecular formula is C34H55N13O8S. The molecule has 1 aromatic rings. The first-order valence-corrected chi connectivity index (χ1v) is 19.3. The summed E-state index contributed by atoms with van der Waals surface area (Å²) in [5.41, 5.74) is 33.5. The van der Waals surface area contributed by atoms with Crippen LogP contribution in [0.3, 0.4) is 0 Å². The first-order chi connectivity index (χ1) is 26.5. The highest BCUT2D eigenvalue weighted by molar-refractivity contribution is 7.10. The molecule has 2 aliphatic heterocycles. The summed E-state index contributed by atoms with van der Waals surface area (Å²) in [7, 11) is 0. The number of thiophene rings is 1. The van der Waals surface area contributed by atoms with Crippen LogP contribution in [0.25, 0.3) is 0 Å². The lowest BCUT2D eigenvalue weighted by atomic mass is 9.99. The molecule has 2 fully saturated rings. The Morgan fingerprint density at radius 1 is 0.875 bits per heavy atom. The average Bonchev–Trinajstić information content (AvgIpc) is 3.97. The van der Waals surface area contributed by atoms with Crippen molar-refractivity contribution >= 4 is 64.4 Å². The number of hydrogen-bond donors (Lipinski definition) is 10. The first-order valence-electron chi connectivity index (χ1n) is 18.4. The van der Waals surface area contributed by atoms with Gasteiger partial charge in [-0.1, -0.05) is 6.07 Å². The number of Topliss-reactive ketones (excluding diaryl/α,β-unsaturated/α-hetero) is 2. The molecule has 310 valence electrons. The number of hydrogen-bond acceptors (Lipinski definition) is 13. The number of amides is 5. The summed E-state index contributed by atoms with van der Waals surface area (Å²) in [4.78, 5) is 103. The lowest BCUT2D eigenvalue weighted by Crippen LogP contribution is -2.57. The summed E-state index contributed by atoms with van der Waals surface area (Å²) < 4.78 is 0. The van der Waals surface area contributed by atoms with E-state index < -0.39 is 90.0 Å². The Kier molecular flexibility index (Phi) is 17.6. The van der Waals surface area contributed by atoms with Gasteiger partial charge in [-0.25, -0.2) is 0 Å². The minimum absolute atomic E-state index is 0.0856. The number of aliphatic imine (C=N–C) groups is 2. The Hall–Kier alpha value is -5.19. The van der Waals surface area contributed by atoms with E-state index in [1.54, 1.807) is 17.5 Å². The van der Waals surface area contributed by atoms with E-state index in [2.05, 4.69) is 25.9 Å². The number of nitrogens with zero attached hydrogens (tertiary/aromatic N) is 4. The van der Waals surface area contributed by atoms with E-state index in [0.29, 0.717) is 43.4 Å². The molecule has 16 N–H and O–H groups in total. The van der Waals surface area contributed by atoms with Crippen molar-refractivity contribution in [1.82, 2.24) is 25.8 Å². The van der Waals surface area contributed by atoms with Crippen LogP contribution in [0.2, 0.25) is 0 Å². The maximum atomic E-state index is 14.0. The third kappa shape index (κ3) is 13.0. The molecule has 0 spiro atoms. The fourth-order valence-electron chi connectivity index (χ4n) is 6.47. The van der Waals surface area contributed by atoms with Crippen molar-refractivity contribution in [3.63, 3.8) is 0 Å². The second-order valence-corrected chi connectivity index (χ2v) is 14.6. The molecular weight excluding hydrogens is 751 g/mol. The van der Waals surface area contributed by atoms with E-state index in [0.717, 1.165) is 0 Å². The Labute approximate surface area is 328 Å². The topological polar surface area (TPSA) is 363 Å². The smallest absolute Gasteiger partial charge is 0.246 e. The van der Waals surface area contributed by atoms with E-state index in [9.17, 15) is 38.7 Å². The molecule has 0 aromatic carbocycles. The van der Waals surface area contributed by atoms with Crippen molar-refractivity contribution in [3.05, 3.63) is 22.4 Å². The molecule has 2 aliphatic rings. The molecule has 22 heteroatoms. The molecule has 0 radical (unpaired) electrons. The van der Waals surface area contributed by atoms with Gasteiger partial charge in [0.15, 0.2) is 11.9 Å². The summed E-state index contributed by atoms with van der Waals surface area (Å²) in [5.74, 6) is -5.20. The van der Waals surface area contributed by atoms with E-state index in [1.165, 1.54) is 28.1 Å². The van der Waals surface area contributed by atoms with Gasteiger partial charge in [0, 0.05) is 31.1 Å². The number of aliphatic hydroxyl groups is 1. The number of nitrogens with one attached hydrogen (secondary N) is 3. The third-order valence-corrected chi connectivity index (χ3v) is 10.4. The second-order valence-electron chi connectivity index (χ2n) is 13.7. The zero-order chi connectivity index (χ0) is 41.5. The van der Waals surface area contributed by atoms with Crippen molar-refractivity contribution < 1.29 is 38.7 Å². The van der Waals surface area contributed by atoms with Crippen LogP contribution >= 0.6 is 11.3 Å². The molecule has 0 saturated carbocycles. The summed E-state index contributed by atoms with van der Waals surface area (Å²) >= 11 is 1.17. The lowest BCUT2D eigenvalue weighted by molar-refractivity contribution is -0.148. The standard InChI is InChI=1S/C34H55N13O8S/c1-18(26(49)28(51)25(36)27(50)23-11-6-16-56-23)44-24(48)17-43-30(53)21-9-4-14-46(21)32(55)22-10-5-15-47(22)31(54)20(8-3-13-42-34(39)40)45-29(52)19(35)7-2-12-41-33(37)38/h6,11,16,18-22,25,27,50H,2-5,7-10,12-15,17,35-36H2,1H3,(H,43,53)(H,44,48)(H,45,52)(H4,37,38,41)(H4,39,40,42)/t18?,19-,20+,21+,22+,25+,27+/m1/s1. The third-order valence-electron chi connectivity index (χ3n) is 9.44. The number of guanidine groups is 2. The molecule has 3 rings (SSSR count). The van der Waals surface area contributed by atoms with Crippen LogP contribution in [0, 0.1) is 0 Å². The molecule has 0 aliphatic carbocycles. The predicted molar refractivity (Wildman–Crippen MR) is 207 cm³/mol. The average molecular weight is 806 g/mol. The molecule has 5 amide bonds. The molecule has 1 unspecified atom stereocenters. The van der Waals surface area contributed by atoms with Crippen LogP contribution in [0.15, 0.2) is 27.5 Å². The normalized spacial score (nSPS) is 19.1.